The Morgan fingerprint density at radius 2 is 0.701 bits per heavy atom. The van der Waals surface area contributed by atoms with Crippen molar-refractivity contribution in [3.05, 3.63) is 0 Å². The molecule has 0 aromatic carbocycles. The highest BCUT2D eigenvalue weighted by Crippen LogP contribution is 2.19. The van der Waals surface area contributed by atoms with Crippen LogP contribution in [0.25, 0.3) is 0 Å². The molecule has 0 N–H and O–H groups in total. The molecule has 0 heterocycles. The maximum absolute atomic E-state index is 13.7. The van der Waals surface area contributed by atoms with E-state index in [2.05, 4.69) is 34.6 Å². The van der Waals surface area contributed by atoms with E-state index in [4.69, 9.17) is 28.4 Å². The zero-order valence-electron chi connectivity index (χ0n) is 45.2. The molecule has 0 aliphatic heterocycles. The highest BCUT2D eigenvalue weighted by Gasteiger charge is 2.25. The second-order valence-corrected chi connectivity index (χ2v) is 19.4. The molecule has 0 rings (SSSR count). The van der Waals surface area contributed by atoms with Gasteiger partial charge in [0, 0.05) is 26.3 Å². The average molecular weight is 955 g/mol. The van der Waals surface area contributed by atoms with E-state index < -0.39 is 18.4 Å². The zero-order chi connectivity index (χ0) is 49.1. The van der Waals surface area contributed by atoms with Crippen LogP contribution in [-0.4, -0.2) is 87.6 Å². The second kappa shape index (κ2) is 51.8. The van der Waals surface area contributed by atoms with Crippen molar-refractivity contribution in [1.82, 2.24) is 4.90 Å². The highest BCUT2D eigenvalue weighted by atomic mass is 16.7. The van der Waals surface area contributed by atoms with Crippen molar-refractivity contribution in [2.45, 2.75) is 304 Å². The normalized spacial score (nSPS) is 12.7. The van der Waals surface area contributed by atoms with E-state index in [1.165, 1.54) is 128 Å². The monoisotopic (exact) mass is 954 g/mol. The molecule has 0 spiro atoms. The fraction of sp³-hybridized carbons (Fsp3) is 0.947. The van der Waals surface area contributed by atoms with Gasteiger partial charge in [-0.25, -0.2) is 9.59 Å². The van der Waals surface area contributed by atoms with Crippen molar-refractivity contribution in [3.8, 4) is 0 Å². The van der Waals surface area contributed by atoms with Crippen molar-refractivity contribution in [1.29, 1.82) is 0 Å². The molecule has 10 heteroatoms. The molecule has 0 aliphatic rings. The van der Waals surface area contributed by atoms with Crippen LogP contribution in [0.2, 0.25) is 0 Å². The molecule has 3 atom stereocenters. The van der Waals surface area contributed by atoms with Gasteiger partial charge >= 0.3 is 12.3 Å². The van der Waals surface area contributed by atoms with Crippen molar-refractivity contribution in [2.24, 2.45) is 0 Å². The number of carbonyl (C=O) groups excluding carboxylic acids is 3. The quantitative estimate of drug-likeness (QED) is 0.0435. The number of nitrogens with zero attached hydrogens (tertiary/aromatic N) is 1. The van der Waals surface area contributed by atoms with Gasteiger partial charge in [-0.15, -0.1) is 0 Å². The Kier molecular flexibility index (Phi) is 50.2. The van der Waals surface area contributed by atoms with Crippen molar-refractivity contribution < 1.29 is 42.8 Å². The van der Waals surface area contributed by atoms with Crippen molar-refractivity contribution >= 4 is 18.2 Å². The van der Waals surface area contributed by atoms with Gasteiger partial charge in [0.05, 0.1) is 19.8 Å². The number of likely N-dealkylation sites (N-methyl/N-ethyl adjacent to an activating group) is 1. The van der Waals surface area contributed by atoms with Crippen LogP contribution in [0.4, 0.5) is 9.59 Å². The standard InChI is InChI=1S/C57H111NO9/c1-7-13-18-23-26-35-44-52(42-33-21-16-10-4)66-56(60)64-49-40-30-29-38-47-62-51-54(55(59)58(12-6)46-37-28-25-20-15-9-3)63-48-39-31-32-41-50-65-57(61)67-53(43-34-22-17-11-5)45-36-27-24-19-14-8-2/h52-54H,7-51H2,1-6H3. The van der Waals surface area contributed by atoms with Gasteiger partial charge in [-0.3, -0.25) is 4.79 Å². The molecule has 0 saturated carbocycles. The van der Waals surface area contributed by atoms with Crippen LogP contribution in [-0.2, 0) is 33.2 Å². The van der Waals surface area contributed by atoms with Crippen LogP contribution in [0.5, 0.6) is 0 Å². The summed E-state index contributed by atoms with van der Waals surface area (Å²) in [4.78, 5) is 40.8. The van der Waals surface area contributed by atoms with E-state index >= 15 is 0 Å². The smallest absolute Gasteiger partial charge is 0.434 e. The lowest BCUT2D eigenvalue weighted by molar-refractivity contribution is -0.148. The second-order valence-electron chi connectivity index (χ2n) is 19.4. The van der Waals surface area contributed by atoms with E-state index in [0.29, 0.717) is 33.0 Å². The zero-order valence-corrected chi connectivity index (χ0v) is 45.2. The largest absolute Gasteiger partial charge is 0.508 e. The van der Waals surface area contributed by atoms with Gasteiger partial charge in [0.2, 0.25) is 0 Å². The van der Waals surface area contributed by atoms with E-state index in [0.717, 1.165) is 122 Å². The molecule has 0 aromatic rings. The van der Waals surface area contributed by atoms with E-state index in [9.17, 15) is 14.4 Å². The van der Waals surface area contributed by atoms with Gasteiger partial charge in [-0.2, -0.15) is 0 Å². The first kappa shape index (κ1) is 64.9. The van der Waals surface area contributed by atoms with Crippen LogP contribution >= 0.6 is 0 Å². The van der Waals surface area contributed by atoms with Gasteiger partial charge in [-0.05, 0) is 103 Å². The third kappa shape index (κ3) is 43.7. The molecule has 0 aromatic heterocycles. The van der Waals surface area contributed by atoms with Crippen LogP contribution in [0.1, 0.15) is 286 Å². The molecule has 1 amide bonds. The molecule has 0 saturated heterocycles. The highest BCUT2D eigenvalue weighted by molar-refractivity contribution is 5.81. The summed E-state index contributed by atoms with van der Waals surface area (Å²) in [6, 6.07) is 0. The Labute approximate surface area is 414 Å². The van der Waals surface area contributed by atoms with Crippen LogP contribution < -0.4 is 0 Å². The number of rotatable bonds is 52. The van der Waals surface area contributed by atoms with Gasteiger partial charge in [0.25, 0.3) is 5.91 Å². The van der Waals surface area contributed by atoms with Crippen molar-refractivity contribution in [2.75, 3.05) is 46.1 Å². The fourth-order valence-electron chi connectivity index (χ4n) is 8.61. The molecule has 0 bridgehead atoms. The van der Waals surface area contributed by atoms with Crippen LogP contribution in [0.3, 0.4) is 0 Å². The number of ether oxygens (including phenoxy) is 6. The Morgan fingerprint density at radius 3 is 1.10 bits per heavy atom. The number of hydrogen-bond acceptors (Lipinski definition) is 9. The maximum Gasteiger partial charge on any atom is 0.508 e. The third-order valence-electron chi connectivity index (χ3n) is 13.0. The molecular weight excluding hydrogens is 843 g/mol. The van der Waals surface area contributed by atoms with Gasteiger partial charge in [-0.1, -0.05) is 182 Å². The Bertz CT molecular complexity index is 1060. The molecule has 398 valence electrons. The summed E-state index contributed by atoms with van der Waals surface area (Å²) < 4.78 is 34.9. The van der Waals surface area contributed by atoms with Gasteiger partial charge in [0.1, 0.15) is 12.2 Å². The number of unbranched alkanes of at least 4 members (excludes halogenated alkanes) is 27. The first-order chi connectivity index (χ1) is 32.9. The number of hydrogen-bond donors (Lipinski definition) is 0. The molecule has 0 radical (unpaired) electrons. The Morgan fingerprint density at radius 1 is 0.373 bits per heavy atom. The summed E-state index contributed by atoms with van der Waals surface area (Å²) in [6.45, 7) is 16.6. The third-order valence-corrected chi connectivity index (χ3v) is 13.0. The first-order valence-corrected chi connectivity index (χ1v) is 29.0. The number of carbonyl (C=O) groups is 3. The lowest BCUT2D eigenvalue weighted by Gasteiger charge is -2.26. The minimum atomic E-state index is -0.625. The lowest BCUT2D eigenvalue weighted by Crippen LogP contribution is -2.43. The molecule has 10 nitrogen and oxygen atoms in total. The van der Waals surface area contributed by atoms with E-state index in [1.54, 1.807) is 0 Å². The summed E-state index contributed by atoms with van der Waals surface area (Å²) in [5, 5.41) is 0. The minimum absolute atomic E-state index is 0.0161. The maximum atomic E-state index is 13.7. The van der Waals surface area contributed by atoms with Gasteiger partial charge < -0.3 is 33.3 Å². The van der Waals surface area contributed by atoms with E-state index in [-0.39, 0.29) is 24.7 Å². The van der Waals surface area contributed by atoms with Crippen LogP contribution in [0.15, 0.2) is 0 Å². The lowest BCUT2D eigenvalue weighted by atomic mass is 10.0. The molecular formula is C57H111NO9. The van der Waals surface area contributed by atoms with Crippen LogP contribution in [0, 0.1) is 0 Å². The average Bonchev–Trinajstić information content (AvgIpc) is 3.32. The molecule has 67 heavy (non-hydrogen) atoms. The summed E-state index contributed by atoms with van der Waals surface area (Å²) in [6.07, 6.45) is 40.2. The fourth-order valence-corrected chi connectivity index (χ4v) is 8.61. The first-order valence-electron chi connectivity index (χ1n) is 29.0. The Hall–Kier alpha value is -2.07. The summed E-state index contributed by atoms with van der Waals surface area (Å²) in [5.74, 6) is 0.0161. The summed E-state index contributed by atoms with van der Waals surface area (Å²) in [5.41, 5.74) is 0. The summed E-state index contributed by atoms with van der Waals surface area (Å²) in [7, 11) is 0. The summed E-state index contributed by atoms with van der Waals surface area (Å²) >= 11 is 0. The van der Waals surface area contributed by atoms with Crippen molar-refractivity contribution in [3.63, 3.8) is 0 Å². The minimum Gasteiger partial charge on any atom is -0.434 e. The van der Waals surface area contributed by atoms with E-state index in [1.807, 2.05) is 11.8 Å². The molecule has 0 aliphatic carbocycles. The molecule has 0 fully saturated rings. The Balaban J connectivity index is 4.73. The molecule has 3 unspecified atom stereocenters. The topological polar surface area (TPSA) is 110 Å². The predicted molar refractivity (Wildman–Crippen MR) is 279 cm³/mol. The van der Waals surface area contributed by atoms with Gasteiger partial charge in [0.15, 0.2) is 6.10 Å². The number of amides is 1. The predicted octanol–water partition coefficient (Wildman–Crippen LogP) is 17.2. The SMILES string of the molecule is CCCCCCCCC(CCCCCC)OC(=O)OCCCCCCOCC(OCCCCCCOC(=O)OC(CCCCCC)CCCCCCCC)C(=O)N(CC)CCCCCCCC.